The van der Waals surface area contributed by atoms with E-state index in [1.807, 2.05) is 26.1 Å². The van der Waals surface area contributed by atoms with Crippen LogP contribution in [0, 0.1) is 23.7 Å². The van der Waals surface area contributed by atoms with Crippen molar-refractivity contribution in [1.82, 2.24) is 9.55 Å². The minimum absolute atomic E-state index is 0.0137. The average Bonchev–Trinajstić information content (AvgIpc) is 3.61. The van der Waals surface area contributed by atoms with E-state index in [0.717, 1.165) is 6.42 Å². The van der Waals surface area contributed by atoms with Gasteiger partial charge in [-0.15, -0.1) is 0 Å². The fraction of sp³-hybridized carbons (Fsp3) is 0.629. The molecule has 10 atom stereocenters. The second-order valence-electron chi connectivity index (χ2n) is 13.6. The van der Waals surface area contributed by atoms with Crippen LogP contribution in [0.15, 0.2) is 54.1 Å². The number of carbonyl (C=O) groups is 2. The zero-order chi connectivity index (χ0) is 34.1. The van der Waals surface area contributed by atoms with Crippen LogP contribution in [0.2, 0.25) is 0 Å². The number of carbonyl (C=O) groups excluding carboxylic acids is 2. The Kier molecular flexibility index (Phi) is 10.6. The van der Waals surface area contributed by atoms with Crippen molar-refractivity contribution in [1.29, 1.82) is 0 Å². The summed E-state index contributed by atoms with van der Waals surface area (Å²) >= 11 is 0. The monoisotopic (exact) mass is 656 g/mol. The van der Waals surface area contributed by atoms with E-state index < -0.39 is 54.0 Å². The minimum Gasteiger partial charge on any atom is -0.456 e. The van der Waals surface area contributed by atoms with Gasteiger partial charge in [0.25, 0.3) is 0 Å². The van der Waals surface area contributed by atoms with Crippen molar-refractivity contribution in [3.05, 3.63) is 59.7 Å². The highest BCUT2D eigenvalue weighted by Gasteiger charge is 2.54. The van der Waals surface area contributed by atoms with E-state index in [1.54, 1.807) is 30.3 Å². The number of methoxy groups -OCH3 is 1. The number of aliphatic hydroxyl groups is 2. The predicted octanol–water partition coefficient (Wildman–Crippen LogP) is 3.24. The van der Waals surface area contributed by atoms with Crippen LogP contribution in [0.25, 0.3) is 6.08 Å². The van der Waals surface area contributed by atoms with Gasteiger partial charge < -0.3 is 43.2 Å². The van der Waals surface area contributed by atoms with Gasteiger partial charge in [0.05, 0.1) is 25.2 Å². The molecule has 0 radical (unpaired) electrons. The van der Waals surface area contributed by atoms with Crippen molar-refractivity contribution >= 4 is 18.0 Å². The highest BCUT2D eigenvalue weighted by molar-refractivity contribution is 5.86. The standard InChI is InChI=1S/C35H48N2O10/c1-20(2)25-10-8-21(3)26-15-29(46-30(40)11-9-24-16-37(6)19-36-24)34(5)12-13-35(42-7,47-34)23(14-27(25)26)17-43-33-32(45-22(4)38)31(41)28(39)18-44-33/h8-9,11-14,16,19-20,25-29,31-33,39,41H,10,15,17-18H2,1-7H3/b11-9+,23-14-/t25?,26-,27+,28+,29-,31+,32-,33+,34-,35+/m0/s1. The number of fused-ring (bicyclic) bond motifs is 3. The van der Waals surface area contributed by atoms with Crippen molar-refractivity contribution in [2.45, 2.75) is 89.6 Å². The van der Waals surface area contributed by atoms with Gasteiger partial charge in [0.2, 0.25) is 5.79 Å². The molecular weight excluding hydrogens is 608 g/mol. The quantitative estimate of drug-likeness (QED) is 0.229. The Morgan fingerprint density at radius 1 is 1.23 bits per heavy atom. The summed E-state index contributed by atoms with van der Waals surface area (Å²) in [7, 11) is 3.40. The third kappa shape index (κ3) is 7.48. The fourth-order valence-electron chi connectivity index (χ4n) is 7.17. The lowest BCUT2D eigenvalue weighted by Crippen LogP contribution is -2.55. The number of esters is 2. The number of aliphatic hydroxyl groups excluding tert-OH is 2. The first kappa shape index (κ1) is 35.2. The Hall–Kier alpha value is -3.13. The molecule has 47 heavy (non-hydrogen) atoms. The number of allylic oxidation sites excluding steroid dienone is 3. The molecule has 5 rings (SSSR count). The summed E-state index contributed by atoms with van der Waals surface area (Å²) in [5.41, 5.74) is 1.43. The van der Waals surface area contributed by atoms with Crippen molar-refractivity contribution in [3.63, 3.8) is 0 Å². The molecule has 258 valence electrons. The molecule has 1 fully saturated rings. The van der Waals surface area contributed by atoms with Crippen molar-refractivity contribution in [2.24, 2.45) is 30.7 Å². The molecule has 2 N–H and O–H groups in total. The summed E-state index contributed by atoms with van der Waals surface area (Å²) in [6, 6.07) is 0. The Morgan fingerprint density at radius 3 is 2.66 bits per heavy atom. The summed E-state index contributed by atoms with van der Waals surface area (Å²) in [6.45, 7) is 9.36. The van der Waals surface area contributed by atoms with Crippen molar-refractivity contribution in [3.8, 4) is 0 Å². The van der Waals surface area contributed by atoms with Crippen LogP contribution in [0.3, 0.4) is 0 Å². The molecule has 1 aromatic heterocycles. The number of aryl methyl sites for hydroxylation is 1. The molecule has 1 aromatic rings. The first-order chi connectivity index (χ1) is 22.2. The molecule has 0 aromatic carbocycles. The van der Waals surface area contributed by atoms with Crippen LogP contribution in [-0.2, 0) is 45.1 Å². The smallest absolute Gasteiger partial charge is 0.331 e. The fourth-order valence-corrected chi connectivity index (χ4v) is 7.17. The summed E-state index contributed by atoms with van der Waals surface area (Å²) in [6.07, 6.45) is 10.3. The normalized spacial score (nSPS) is 38.2. The van der Waals surface area contributed by atoms with E-state index in [9.17, 15) is 19.8 Å². The first-order valence-corrected chi connectivity index (χ1v) is 16.2. The molecule has 4 heterocycles. The maximum atomic E-state index is 13.3. The molecule has 0 amide bonds. The lowest BCUT2D eigenvalue weighted by atomic mass is 9.65. The molecular formula is C35H48N2O10. The number of ether oxygens (including phenoxy) is 6. The summed E-state index contributed by atoms with van der Waals surface area (Å²) in [5, 5.41) is 20.8. The van der Waals surface area contributed by atoms with Gasteiger partial charge in [-0.1, -0.05) is 31.6 Å². The topological polar surface area (TPSA) is 148 Å². The number of rotatable bonds is 9. The Morgan fingerprint density at radius 2 is 2.00 bits per heavy atom. The van der Waals surface area contributed by atoms with Gasteiger partial charge in [-0.05, 0) is 68.6 Å². The van der Waals surface area contributed by atoms with Crippen LogP contribution in [0.5, 0.6) is 0 Å². The van der Waals surface area contributed by atoms with E-state index in [0.29, 0.717) is 23.6 Å². The van der Waals surface area contributed by atoms with Gasteiger partial charge in [0.15, 0.2) is 12.4 Å². The number of hydrogen-bond donors (Lipinski definition) is 2. The summed E-state index contributed by atoms with van der Waals surface area (Å²) < 4.78 is 38.1. The van der Waals surface area contributed by atoms with E-state index >= 15 is 0 Å². The van der Waals surface area contributed by atoms with Crippen LogP contribution < -0.4 is 0 Å². The zero-order valence-corrected chi connectivity index (χ0v) is 28.2. The second-order valence-corrected chi connectivity index (χ2v) is 13.6. The van der Waals surface area contributed by atoms with Gasteiger partial charge in [0, 0.05) is 38.9 Å². The first-order valence-electron chi connectivity index (χ1n) is 16.2. The average molecular weight is 657 g/mol. The maximum Gasteiger partial charge on any atom is 0.331 e. The molecule has 3 aliphatic heterocycles. The molecule has 1 unspecified atom stereocenters. The zero-order valence-electron chi connectivity index (χ0n) is 28.2. The van der Waals surface area contributed by atoms with Gasteiger partial charge in [0.1, 0.15) is 23.9 Å². The molecule has 2 bridgehead atoms. The van der Waals surface area contributed by atoms with Crippen molar-refractivity contribution < 1.29 is 48.2 Å². The van der Waals surface area contributed by atoms with Crippen LogP contribution in [0.1, 0.15) is 53.2 Å². The lowest BCUT2D eigenvalue weighted by Gasteiger charge is -2.41. The molecule has 1 saturated heterocycles. The van der Waals surface area contributed by atoms with Gasteiger partial charge in [-0.3, -0.25) is 4.79 Å². The maximum absolute atomic E-state index is 13.3. The van der Waals surface area contributed by atoms with Gasteiger partial charge in [-0.2, -0.15) is 0 Å². The third-order valence-electron chi connectivity index (χ3n) is 9.88. The Labute approximate surface area is 276 Å². The van der Waals surface area contributed by atoms with E-state index in [1.165, 1.54) is 18.6 Å². The number of nitrogens with zero attached hydrogens (tertiary/aromatic N) is 2. The highest BCUT2D eigenvalue weighted by atomic mass is 16.7. The van der Waals surface area contributed by atoms with Gasteiger partial charge >= 0.3 is 11.9 Å². The van der Waals surface area contributed by atoms with E-state index in [2.05, 4.69) is 37.9 Å². The van der Waals surface area contributed by atoms with Crippen molar-refractivity contribution in [2.75, 3.05) is 20.3 Å². The summed E-state index contributed by atoms with van der Waals surface area (Å²) in [4.78, 5) is 29.4. The number of aromatic nitrogens is 2. The largest absolute Gasteiger partial charge is 0.456 e. The molecule has 0 saturated carbocycles. The van der Waals surface area contributed by atoms with Crippen LogP contribution in [0.4, 0.5) is 0 Å². The number of hydrogen-bond acceptors (Lipinski definition) is 11. The van der Waals surface area contributed by atoms with Crippen LogP contribution in [-0.4, -0.2) is 94.1 Å². The van der Waals surface area contributed by atoms with Crippen LogP contribution >= 0.6 is 0 Å². The highest BCUT2D eigenvalue weighted by Crippen LogP contribution is 2.49. The minimum atomic E-state index is -1.39. The Balaban J connectivity index is 1.49. The predicted molar refractivity (Wildman–Crippen MR) is 170 cm³/mol. The molecule has 4 aliphatic rings. The lowest BCUT2D eigenvalue weighted by molar-refractivity contribution is -0.277. The summed E-state index contributed by atoms with van der Waals surface area (Å²) in [5.74, 6) is -1.90. The molecule has 1 aliphatic carbocycles. The van der Waals surface area contributed by atoms with E-state index in [4.69, 9.17) is 28.4 Å². The van der Waals surface area contributed by atoms with E-state index in [-0.39, 0.29) is 31.0 Å². The molecule has 12 nitrogen and oxygen atoms in total. The third-order valence-corrected chi connectivity index (χ3v) is 9.88. The number of imidazole rings is 1. The molecule has 0 spiro atoms. The second kappa shape index (κ2) is 14.2. The van der Waals surface area contributed by atoms with Gasteiger partial charge in [-0.25, -0.2) is 9.78 Å². The Bertz CT molecular complexity index is 1430. The molecule has 12 heteroatoms. The SMILES string of the molecule is CO[C@]12C=C[C@](C)(O1)[C@@H](OC(=O)/C=C/c1cn(C)cn1)C[C@H]1C(C)=CCC(C(C)C)[C@H]1/C=C\2CO[C@@H]1OC[C@@H](O)[C@@H](O)[C@@H]1OC(C)=O.